The minimum Gasteiger partial charge on any atom is -0.465 e. The number of carbonyl (C=O) groups is 2. The van der Waals surface area contributed by atoms with Crippen LogP contribution in [0.5, 0.6) is 0 Å². The summed E-state index contributed by atoms with van der Waals surface area (Å²) in [6, 6.07) is 7.20. The van der Waals surface area contributed by atoms with Crippen molar-refractivity contribution in [2.45, 2.75) is 18.7 Å². The molecule has 0 heterocycles. The second kappa shape index (κ2) is 16.1. The van der Waals surface area contributed by atoms with Gasteiger partial charge >= 0.3 is 6.09 Å². The maximum absolute atomic E-state index is 11.9. The summed E-state index contributed by atoms with van der Waals surface area (Å²) < 4.78 is 16.1. The highest BCUT2D eigenvalue weighted by atomic mass is 35.5. The highest BCUT2D eigenvalue weighted by Crippen LogP contribution is 2.06. The molecule has 0 unspecified atom stereocenters. The van der Waals surface area contributed by atoms with Gasteiger partial charge in [0.25, 0.3) is 5.91 Å². The molecule has 0 bridgehead atoms. The highest BCUT2D eigenvalue weighted by Gasteiger charge is 2.04. The van der Waals surface area contributed by atoms with Gasteiger partial charge in [-0.25, -0.2) is 4.79 Å². The lowest BCUT2D eigenvalue weighted by Crippen LogP contribution is -2.25. The molecule has 1 rings (SSSR count). The molecule has 158 valence electrons. The number of carboxylic acid groups (broad SMARTS) is 1. The largest absolute Gasteiger partial charge is 0.465 e. The number of carbonyl (C=O) groups excluding carboxylic acids is 1. The molecular weight excluding hydrogens is 388 g/mol. The first kappa shape index (κ1) is 24.2. The van der Waals surface area contributed by atoms with E-state index in [4.69, 9.17) is 30.9 Å². The van der Waals surface area contributed by atoms with Gasteiger partial charge in [0.05, 0.1) is 26.4 Å². The molecule has 28 heavy (non-hydrogen) atoms. The topological polar surface area (TPSA) is 106 Å². The fourth-order valence-electron chi connectivity index (χ4n) is 2.13. The Kier molecular flexibility index (Phi) is 13.9. The van der Waals surface area contributed by atoms with E-state index in [0.717, 1.165) is 12.0 Å². The first-order valence-electron chi connectivity index (χ1n) is 9.26. The van der Waals surface area contributed by atoms with Crippen molar-refractivity contribution in [1.29, 1.82) is 0 Å². The molecule has 0 saturated heterocycles. The molecule has 1 aromatic rings. The van der Waals surface area contributed by atoms with Crippen LogP contribution in [0.15, 0.2) is 24.3 Å². The summed E-state index contributed by atoms with van der Waals surface area (Å²) in [6.45, 7) is 3.84. The quantitative estimate of drug-likeness (QED) is 0.282. The van der Waals surface area contributed by atoms with Gasteiger partial charge in [-0.2, -0.15) is 0 Å². The van der Waals surface area contributed by atoms with E-state index < -0.39 is 6.09 Å². The van der Waals surface area contributed by atoms with E-state index in [9.17, 15) is 9.59 Å². The van der Waals surface area contributed by atoms with Crippen molar-refractivity contribution < 1.29 is 28.9 Å². The number of nitrogens with one attached hydrogen (secondary N) is 2. The Bertz CT molecular complexity index is 556. The summed E-state index contributed by atoms with van der Waals surface area (Å²) >= 11 is 5.72. The maximum atomic E-state index is 11.9. The molecule has 0 aliphatic heterocycles. The summed E-state index contributed by atoms with van der Waals surface area (Å²) in [5, 5.41) is 13.5. The van der Waals surface area contributed by atoms with Crippen molar-refractivity contribution in [2.24, 2.45) is 0 Å². The molecule has 8 nitrogen and oxygen atoms in total. The number of halogens is 1. The summed E-state index contributed by atoms with van der Waals surface area (Å²) in [5.41, 5.74) is 1.59. The van der Waals surface area contributed by atoms with Gasteiger partial charge in [0, 0.05) is 37.7 Å². The Balaban J connectivity index is 1.85. The van der Waals surface area contributed by atoms with E-state index in [1.165, 1.54) is 0 Å². The molecule has 0 aromatic heterocycles. The van der Waals surface area contributed by atoms with Crippen LogP contribution in [0.3, 0.4) is 0 Å². The first-order valence-corrected chi connectivity index (χ1v) is 9.80. The minimum atomic E-state index is -1.02. The molecule has 3 N–H and O–H groups in total. The minimum absolute atomic E-state index is 0.108. The van der Waals surface area contributed by atoms with E-state index in [0.29, 0.717) is 70.6 Å². The van der Waals surface area contributed by atoms with E-state index >= 15 is 0 Å². The lowest BCUT2D eigenvalue weighted by Gasteiger charge is -2.08. The lowest BCUT2D eigenvalue weighted by atomic mass is 10.1. The predicted octanol–water partition coefficient (Wildman–Crippen LogP) is 2.25. The first-order chi connectivity index (χ1) is 13.6. The summed E-state index contributed by atoms with van der Waals surface area (Å²) in [5.74, 6) is 0.325. The summed E-state index contributed by atoms with van der Waals surface area (Å²) in [7, 11) is 0. The van der Waals surface area contributed by atoms with Crippen molar-refractivity contribution in [3.8, 4) is 0 Å². The highest BCUT2D eigenvalue weighted by molar-refractivity contribution is 6.17. The molecule has 0 fully saturated rings. The Labute approximate surface area is 170 Å². The Morgan fingerprint density at radius 3 is 1.82 bits per heavy atom. The Morgan fingerprint density at radius 2 is 1.32 bits per heavy atom. The second-order valence-corrected chi connectivity index (χ2v) is 6.13. The standard InChI is InChI=1S/C19H29ClN2O6/c20-15-16-3-5-17(6-4-16)18(23)21-7-1-9-26-11-13-28-14-12-27-10-2-8-22-19(24)25/h3-6,22H,1-2,7-15H2,(H,21,23)(H,24,25). The molecule has 0 radical (unpaired) electrons. The van der Waals surface area contributed by atoms with E-state index in [-0.39, 0.29) is 5.91 Å². The molecule has 1 aromatic carbocycles. The van der Waals surface area contributed by atoms with E-state index in [1.807, 2.05) is 12.1 Å². The smallest absolute Gasteiger partial charge is 0.404 e. The van der Waals surface area contributed by atoms with Crippen LogP contribution in [-0.2, 0) is 20.1 Å². The SMILES string of the molecule is O=C(O)NCCCOCCOCCOCCCNC(=O)c1ccc(CCl)cc1. The van der Waals surface area contributed by atoms with Crippen LogP contribution in [0.2, 0.25) is 0 Å². The van der Waals surface area contributed by atoms with Crippen molar-refractivity contribution >= 4 is 23.6 Å². The molecule has 0 aliphatic carbocycles. The second-order valence-electron chi connectivity index (χ2n) is 5.86. The van der Waals surface area contributed by atoms with Crippen molar-refractivity contribution in [1.82, 2.24) is 10.6 Å². The van der Waals surface area contributed by atoms with Gasteiger partial charge in [0.2, 0.25) is 0 Å². The van der Waals surface area contributed by atoms with Crippen LogP contribution in [0, 0.1) is 0 Å². The van der Waals surface area contributed by atoms with Gasteiger partial charge < -0.3 is 30.0 Å². The van der Waals surface area contributed by atoms with Crippen LogP contribution in [0.25, 0.3) is 0 Å². The maximum Gasteiger partial charge on any atom is 0.404 e. The third-order valence-corrected chi connectivity index (χ3v) is 3.92. The number of benzene rings is 1. The Morgan fingerprint density at radius 1 is 0.821 bits per heavy atom. The van der Waals surface area contributed by atoms with Gasteiger partial charge in [0.15, 0.2) is 0 Å². The third kappa shape index (κ3) is 12.5. The zero-order valence-corrected chi connectivity index (χ0v) is 16.7. The van der Waals surface area contributed by atoms with Gasteiger partial charge in [-0.05, 0) is 30.5 Å². The molecule has 0 saturated carbocycles. The van der Waals surface area contributed by atoms with Crippen LogP contribution in [0.1, 0.15) is 28.8 Å². The Hall–Kier alpha value is -1.87. The van der Waals surface area contributed by atoms with Crippen LogP contribution >= 0.6 is 11.6 Å². The summed E-state index contributed by atoms with van der Waals surface area (Å²) in [6.07, 6.45) is 0.326. The van der Waals surface area contributed by atoms with Crippen LogP contribution in [-0.4, -0.2) is 69.8 Å². The number of rotatable bonds is 16. The molecule has 0 spiro atoms. The fourth-order valence-corrected chi connectivity index (χ4v) is 2.31. The van der Waals surface area contributed by atoms with Gasteiger partial charge in [-0.1, -0.05) is 12.1 Å². The van der Waals surface area contributed by atoms with E-state index in [2.05, 4.69) is 10.6 Å². The van der Waals surface area contributed by atoms with Gasteiger partial charge in [0.1, 0.15) is 0 Å². The van der Waals surface area contributed by atoms with Crippen LogP contribution < -0.4 is 10.6 Å². The average molecular weight is 417 g/mol. The normalized spacial score (nSPS) is 10.6. The zero-order valence-electron chi connectivity index (χ0n) is 16.0. The molecule has 0 atom stereocenters. The molecule has 2 amide bonds. The molecule has 9 heteroatoms. The number of ether oxygens (including phenoxy) is 3. The molecule has 0 aliphatic rings. The van der Waals surface area contributed by atoms with Crippen molar-refractivity contribution in [3.63, 3.8) is 0 Å². The fraction of sp³-hybridized carbons (Fsp3) is 0.579. The number of amides is 2. The zero-order chi connectivity index (χ0) is 20.5. The number of hydrogen-bond acceptors (Lipinski definition) is 5. The number of alkyl halides is 1. The van der Waals surface area contributed by atoms with Crippen molar-refractivity contribution in [3.05, 3.63) is 35.4 Å². The van der Waals surface area contributed by atoms with Crippen molar-refractivity contribution in [2.75, 3.05) is 52.7 Å². The third-order valence-electron chi connectivity index (χ3n) is 3.61. The van der Waals surface area contributed by atoms with Crippen LogP contribution in [0.4, 0.5) is 4.79 Å². The monoisotopic (exact) mass is 416 g/mol. The van der Waals surface area contributed by atoms with Gasteiger partial charge in [-0.3, -0.25) is 4.79 Å². The average Bonchev–Trinajstić information content (AvgIpc) is 2.70. The predicted molar refractivity (Wildman–Crippen MR) is 106 cm³/mol. The number of hydrogen-bond donors (Lipinski definition) is 3. The molecular formula is C19H29ClN2O6. The van der Waals surface area contributed by atoms with E-state index in [1.54, 1.807) is 12.1 Å². The van der Waals surface area contributed by atoms with Gasteiger partial charge in [-0.15, -0.1) is 11.6 Å². The summed E-state index contributed by atoms with van der Waals surface area (Å²) in [4.78, 5) is 22.2. The lowest BCUT2D eigenvalue weighted by molar-refractivity contribution is 0.0139.